The van der Waals surface area contributed by atoms with E-state index in [2.05, 4.69) is 109 Å². The highest BCUT2D eigenvalue weighted by Gasteiger charge is 2.33. The van der Waals surface area contributed by atoms with Crippen molar-refractivity contribution in [3.63, 3.8) is 0 Å². The molecule has 4 rings (SSSR count). The van der Waals surface area contributed by atoms with Gasteiger partial charge in [0.25, 0.3) is 0 Å². The van der Waals surface area contributed by atoms with Gasteiger partial charge in [0, 0.05) is 31.9 Å². The number of hydrogen-bond acceptors (Lipinski definition) is 5. The Kier molecular flexibility index (Phi) is 5.84. The molecule has 0 spiro atoms. The first-order chi connectivity index (χ1) is 14.8. The number of hydrogen-bond donors (Lipinski definition) is 0. The molecule has 0 amide bonds. The summed E-state index contributed by atoms with van der Waals surface area (Å²) < 4.78 is 1.98. The Morgan fingerprint density at radius 3 is 2.19 bits per heavy atom. The van der Waals surface area contributed by atoms with E-state index in [1.807, 2.05) is 4.68 Å². The van der Waals surface area contributed by atoms with E-state index in [1.54, 1.807) is 0 Å². The average Bonchev–Trinajstić information content (AvgIpc) is 3.22. The second-order valence-electron chi connectivity index (χ2n) is 9.67. The summed E-state index contributed by atoms with van der Waals surface area (Å²) in [6.45, 7) is 16.9. The van der Waals surface area contributed by atoms with Crippen molar-refractivity contribution >= 4 is 5.69 Å². The number of piperazine rings is 1. The maximum Gasteiger partial charge on any atom is 0.173 e. The summed E-state index contributed by atoms with van der Waals surface area (Å²) in [5.41, 5.74) is 6.40. The molecule has 0 unspecified atom stereocenters. The fourth-order valence-corrected chi connectivity index (χ4v) is 4.41. The summed E-state index contributed by atoms with van der Waals surface area (Å²) in [6, 6.07) is 15.4. The quantitative estimate of drug-likeness (QED) is 0.633. The number of aromatic nitrogens is 4. The molecule has 1 fully saturated rings. The lowest BCUT2D eigenvalue weighted by Crippen LogP contribution is -2.49. The summed E-state index contributed by atoms with van der Waals surface area (Å²) in [6.07, 6.45) is 0. The van der Waals surface area contributed by atoms with E-state index in [4.69, 9.17) is 0 Å². The fraction of sp³-hybridized carbons (Fsp3) is 0.480. The summed E-state index contributed by atoms with van der Waals surface area (Å²) in [4.78, 5) is 5.04. The minimum atomic E-state index is -0.178. The van der Waals surface area contributed by atoms with Gasteiger partial charge >= 0.3 is 0 Å². The van der Waals surface area contributed by atoms with Crippen LogP contribution in [-0.4, -0.2) is 51.3 Å². The zero-order chi connectivity index (χ0) is 22.2. The molecule has 3 aromatic rings. The Hall–Kier alpha value is -2.73. The van der Waals surface area contributed by atoms with Gasteiger partial charge in [0.2, 0.25) is 0 Å². The summed E-state index contributed by atoms with van der Waals surface area (Å²) >= 11 is 0. The number of benzene rings is 2. The van der Waals surface area contributed by atoms with Gasteiger partial charge in [0.15, 0.2) is 5.82 Å². The highest BCUT2D eigenvalue weighted by molar-refractivity contribution is 5.56. The minimum Gasteiger partial charge on any atom is -0.369 e. The molecule has 1 atom stereocenters. The molecule has 0 radical (unpaired) electrons. The van der Waals surface area contributed by atoms with Gasteiger partial charge < -0.3 is 4.90 Å². The molecular formula is C25H34N6. The number of aryl methyl sites for hydroxylation is 2. The second kappa shape index (κ2) is 8.42. The molecule has 164 valence electrons. The Morgan fingerprint density at radius 2 is 1.55 bits per heavy atom. The highest BCUT2D eigenvalue weighted by Crippen LogP contribution is 2.32. The predicted molar refractivity (Wildman–Crippen MR) is 126 cm³/mol. The number of anilines is 1. The Labute approximate surface area is 185 Å². The molecule has 6 nitrogen and oxygen atoms in total. The molecule has 1 aliphatic heterocycles. The van der Waals surface area contributed by atoms with Crippen LogP contribution in [0.25, 0.3) is 0 Å². The second-order valence-corrected chi connectivity index (χ2v) is 9.67. The zero-order valence-electron chi connectivity index (χ0n) is 19.6. The monoisotopic (exact) mass is 418 g/mol. The van der Waals surface area contributed by atoms with Crippen LogP contribution >= 0.6 is 0 Å². The Bertz CT molecular complexity index is 1020. The van der Waals surface area contributed by atoms with E-state index in [0.717, 1.165) is 32.0 Å². The van der Waals surface area contributed by atoms with Crippen molar-refractivity contribution in [2.24, 2.45) is 0 Å². The molecule has 2 aromatic carbocycles. The Balaban J connectivity index is 1.64. The topological polar surface area (TPSA) is 50.1 Å². The number of tetrazole rings is 1. The van der Waals surface area contributed by atoms with Crippen molar-refractivity contribution in [3.8, 4) is 0 Å². The molecule has 1 aromatic heterocycles. The SMILES string of the molecule is Cc1ccc([C@@H](c2nnnn2C(C)(C)C)N2CCN(c3cccc(C)c3C)CC2)cc1. The van der Waals surface area contributed by atoms with Gasteiger partial charge in [-0.2, -0.15) is 0 Å². The van der Waals surface area contributed by atoms with E-state index in [9.17, 15) is 0 Å². The Morgan fingerprint density at radius 1 is 0.871 bits per heavy atom. The van der Waals surface area contributed by atoms with E-state index in [-0.39, 0.29) is 11.6 Å². The smallest absolute Gasteiger partial charge is 0.173 e. The van der Waals surface area contributed by atoms with Crippen LogP contribution < -0.4 is 4.90 Å². The first kappa shape index (κ1) is 21.5. The van der Waals surface area contributed by atoms with Crippen LogP contribution in [0.2, 0.25) is 0 Å². The molecule has 2 heterocycles. The van der Waals surface area contributed by atoms with Gasteiger partial charge in [-0.1, -0.05) is 42.0 Å². The molecule has 0 saturated carbocycles. The zero-order valence-corrected chi connectivity index (χ0v) is 19.6. The fourth-order valence-electron chi connectivity index (χ4n) is 4.41. The van der Waals surface area contributed by atoms with Gasteiger partial charge in [-0.25, -0.2) is 4.68 Å². The minimum absolute atomic E-state index is 0.0376. The van der Waals surface area contributed by atoms with Crippen molar-refractivity contribution in [1.29, 1.82) is 0 Å². The molecule has 0 bridgehead atoms. The maximum absolute atomic E-state index is 4.51. The molecule has 0 aliphatic carbocycles. The van der Waals surface area contributed by atoms with Gasteiger partial charge in [0.05, 0.1) is 11.6 Å². The van der Waals surface area contributed by atoms with Gasteiger partial charge in [-0.15, -0.1) is 5.10 Å². The normalized spacial score (nSPS) is 16.5. The van der Waals surface area contributed by atoms with Crippen molar-refractivity contribution < 1.29 is 0 Å². The van der Waals surface area contributed by atoms with Crippen molar-refractivity contribution in [1.82, 2.24) is 25.1 Å². The van der Waals surface area contributed by atoms with E-state index in [0.29, 0.717) is 0 Å². The van der Waals surface area contributed by atoms with Gasteiger partial charge in [-0.05, 0) is 74.7 Å². The lowest BCUT2D eigenvalue weighted by Gasteiger charge is -2.41. The van der Waals surface area contributed by atoms with E-state index in [1.165, 1.54) is 27.9 Å². The average molecular weight is 419 g/mol. The third kappa shape index (κ3) is 4.35. The highest BCUT2D eigenvalue weighted by atomic mass is 15.6. The summed E-state index contributed by atoms with van der Waals surface area (Å²) in [7, 11) is 0. The third-order valence-electron chi connectivity index (χ3n) is 6.36. The first-order valence-corrected chi connectivity index (χ1v) is 11.2. The molecule has 1 aliphatic rings. The largest absolute Gasteiger partial charge is 0.369 e. The third-order valence-corrected chi connectivity index (χ3v) is 6.36. The van der Waals surface area contributed by atoms with Gasteiger partial charge in [-0.3, -0.25) is 4.90 Å². The lowest BCUT2D eigenvalue weighted by atomic mass is 10.00. The number of rotatable bonds is 4. The number of nitrogens with zero attached hydrogens (tertiary/aromatic N) is 6. The van der Waals surface area contributed by atoms with Crippen LogP contribution in [0.5, 0.6) is 0 Å². The van der Waals surface area contributed by atoms with Crippen LogP contribution in [0.4, 0.5) is 5.69 Å². The van der Waals surface area contributed by atoms with Crippen LogP contribution in [0.15, 0.2) is 42.5 Å². The van der Waals surface area contributed by atoms with Crippen LogP contribution in [0.1, 0.15) is 54.9 Å². The summed E-state index contributed by atoms with van der Waals surface area (Å²) in [5.74, 6) is 0.913. The van der Waals surface area contributed by atoms with Crippen LogP contribution in [-0.2, 0) is 5.54 Å². The predicted octanol–water partition coefficient (Wildman–Crippen LogP) is 4.26. The van der Waals surface area contributed by atoms with E-state index >= 15 is 0 Å². The van der Waals surface area contributed by atoms with Crippen molar-refractivity contribution in [2.45, 2.75) is 53.1 Å². The van der Waals surface area contributed by atoms with Crippen LogP contribution in [0.3, 0.4) is 0 Å². The molecule has 1 saturated heterocycles. The van der Waals surface area contributed by atoms with Crippen molar-refractivity contribution in [3.05, 3.63) is 70.5 Å². The standard InChI is InChI=1S/C25H34N6/c1-18-10-12-21(13-11-18)23(24-26-27-28-31(24)25(4,5)6)30-16-14-29(15-17-30)22-9-7-8-19(2)20(22)3/h7-13,23H,14-17H2,1-6H3/t23-/m0/s1. The summed E-state index contributed by atoms with van der Waals surface area (Å²) in [5, 5.41) is 12.9. The molecule has 6 heteroatoms. The molecular weight excluding hydrogens is 384 g/mol. The van der Waals surface area contributed by atoms with E-state index < -0.39 is 0 Å². The van der Waals surface area contributed by atoms with Crippen molar-refractivity contribution in [2.75, 3.05) is 31.1 Å². The lowest BCUT2D eigenvalue weighted by molar-refractivity contribution is 0.191. The molecule has 0 N–H and O–H groups in total. The maximum atomic E-state index is 4.51. The first-order valence-electron chi connectivity index (χ1n) is 11.2. The van der Waals surface area contributed by atoms with Crippen LogP contribution in [0, 0.1) is 20.8 Å². The molecule has 31 heavy (non-hydrogen) atoms. The van der Waals surface area contributed by atoms with Gasteiger partial charge in [0.1, 0.15) is 0 Å².